The molecule has 0 aromatic heterocycles. The van der Waals surface area contributed by atoms with Gasteiger partial charge in [-0.15, -0.1) is 12.6 Å². The Hall–Kier alpha value is -1.96. The molecule has 2 rings (SSSR count). The smallest absolute Gasteiger partial charge is 0.288 e. The van der Waals surface area contributed by atoms with Crippen LogP contribution in [0.5, 0.6) is 11.5 Å². The summed E-state index contributed by atoms with van der Waals surface area (Å²) in [6, 6.07) is 11.0. The third-order valence-electron chi connectivity index (χ3n) is 3.49. The molecule has 2 aromatic rings. The minimum Gasteiger partial charge on any atom is -0.494 e. The second-order valence-corrected chi connectivity index (χ2v) is 6.11. The molecule has 0 aliphatic carbocycles. The maximum absolute atomic E-state index is 10.3. The quantitative estimate of drug-likeness (QED) is 0.441. The lowest BCUT2D eigenvalue weighted by atomic mass is 10.1. The Kier molecular flexibility index (Phi) is 6.92. The molecule has 1 N–H and O–H groups in total. The number of ether oxygens (including phenoxy) is 3. The topological polar surface area (TPSA) is 51.2 Å². The first kappa shape index (κ1) is 19.4. The zero-order valence-corrected chi connectivity index (χ0v) is 16.1. The summed E-state index contributed by atoms with van der Waals surface area (Å²) in [7, 11) is 1.40. The van der Waals surface area contributed by atoms with Crippen molar-refractivity contribution in [2.75, 3.05) is 18.8 Å². The lowest BCUT2D eigenvalue weighted by molar-refractivity contribution is 0.263. The summed E-state index contributed by atoms with van der Waals surface area (Å²) in [6.07, 6.45) is 0. The van der Waals surface area contributed by atoms with Gasteiger partial charge in [0.2, 0.25) is 0 Å². The van der Waals surface area contributed by atoms with Crippen LogP contribution in [0, 0.1) is 6.92 Å². The summed E-state index contributed by atoms with van der Waals surface area (Å²) in [5.41, 5.74) is 2.16. The molecule has 0 amide bonds. The molecule has 0 fully saturated rings. The number of nitrogens with zero attached hydrogens (tertiary/aromatic N) is 1. The lowest BCUT2D eigenvalue weighted by Crippen LogP contribution is -2.27. The minimum atomic E-state index is -0.0643. The summed E-state index contributed by atoms with van der Waals surface area (Å²) in [5.74, 6) is 1.37. The van der Waals surface area contributed by atoms with Crippen LogP contribution in [0.4, 0.5) is 5.69 Å². The van der Waals surface area contributed by atoms with Crippen molar-refractivity contribution in [2.45, 2.75) is 25.3 Å². The van der Waals surface area contributed by atoms with E-state index in [1.165, 1.54) is 7.11 Å². The SMILES string of the molecule is CCOc1ccc(COc2ccc(S)cc2C)c(N(O)C(=S)OC)c1. The van der Waals surface area contributed by atoms with Crippen LogP contribution in [0.2, 0.25) is 0 Å². The average Bonchev–Trinajstić information content (AvgIpc) is 2.60. The molecule has 7 heteroatoms. The van der Waals surface area contributed by atoms with E-state index in [1.54, 1.807) is 6.07 Å². The van der Waals surface area contributed by atoms with E-state index in [0.717, 1.165) is 26.8 Å². The highest BCUT2D eigenvalue weighted by Gasteiger charge is 2.16. The lowest BCUT2D eigenvalue weighted by Gasteiger charge is -2.21. The van der Waals surface area contributed by atoms with Gasteiger partial charge in [0.15, 0.2) is 0 Å². The molecule has 0 bridgehead atoms. The Morgan fingerprint density at radius 3 is 2.60 bits per heavy atom. The van der Waals surface area contributed by atoms with Crippen molar-refractivity contribution in [3.63, 3.8) is 0 Å². The van der Waals surface area contributed by atoms with Gasteiger partial charge >= 0.3 is 0 Å². The van der Waals surface area contributed by atoms with Crippen molar-refractivity contribution in [2.24, 2.45) is 0 Å². The molecule has 2 aromatic carbocycles. The highest BCUT2D eigenvalue weighted by Crippen LogP contribution is 2.28. The third-order valence-corrected chi connectivity index (χ3v) is 4.10. The molecule has 0 atom stereocenters. The number of hydroxylamine groups is 1. The molecule has 0 heterocycles. The van der Waals surface area contributed by atoms with Gasteiger partial charge in [-0.1, -0.05) is 0 Å². The van der Waals surface area contributed by atoms with Crippen molar-refractivity contribution < 1.29 is 19.4 Å². The summed E-state index contributed by atoms with van der Waals surface area (Å²) in [6.45, 7) is 4.61. The number of benzene rings is 2. The van der Waals surface area contributed by atoms with Crippen LogP contribution >= 0.6 is 24.8 Å². The van der Waals surface area contributed by atoms with Gasteiger partial charge in [0, 0.05) is 16.5 Å². The van der Waals surface area contributed by atoms with Crippen molar-refractivity contribution in [1.82, 2.24) is 0 Å². The van der Waals surface area contributed by atoms with Gasteiger partial charge in [0.05, 0.1) is 19.4 Å². The Morgan fingerprint density at radius 1 is 1.20 bits per heavy atom. The number of aryl methyl sites for hydroxylation is 1. The van der Waals surface area contributed by atoms with E-state index in [4.69, 9.17) is 26.4 Å². The van der Waals surface area contributed by atoms with Gasteiger partial charge in [-0.25, -0.2) is 0 Å². The molecule has 0 saturated carbocycles. The van der Waals surface area contributed by atoms with Gasteiger partial charge in [-0.2, -0.15) is 5.06 Å². The highest BCUT2D eigenvalue weighted by atomic mass is 32.1. The first-order chi connectivity index (χ1) is 12.0. The van der Waals surface area contributed by atoms with Gasteiger partial charge in [0.1, 0.15) is 18.1 Å². The van der Waals surface area contributed by atoms with Crippen molar-refractivity contribution in [3.8, 4) is 11.5 Å². The Labute approximate surface area is 158 Å². The molecule has 0 radical (unpaired) electrons. The van der Waals surface area contributed by atoms with Crippen LogP contribution in [0.25, 0.3) is 0 Å². The van der Waals surface area contributed by atoms with Crippen molar-refractivity contribution in [3.05, 3.63) is 47.5 Å². The van der Waals surface area contributed by atoms with Crippen molar-refractivity contribution in [1.29, 1.82) is 0 Å². The largest absolute Gasteiger partial charge is 0.494 e. The second-order valence-electron chi connectivity index (χ2n) is 5.24. The Bertz CT molecular complexity index is 752. The second kappa shape index (κ2) is 8.94. The van der Waals surface area contributed by atoms with Crippen LogP contribution in [-0.2, 0) is 11.3 Å². The van der Waals surface area contributed by atoms with Crippen molar-refractivity contribution >= 4 is 35.7 Å². The molecule has 0 aliphatic heterocycles. The number of hydrogen-bond donors (Lipinski definition) is 2. The highest BCUT2D eigenvalue weighted by molar-refractivity contribution is 7.80. The number of anilines is 1. The maximum Gasteiger partial charge on any atom is 0.288 e. The van der Waals surface area contributed by atoms with Crippen LogP contribution in [0.1, 0.15) is 18.1 Å². The Morgan fingerprint density at radius 2 is 1.96 bits per heavy atom. The number of thiocarbonyl (C=S) groups is 1. The summed E-state index contributed by atoms with van der Waals surface area (Å²) in [5, 5.41) is 11.0. The molecule has 0 saturated heterocycles. The number of methoxy groups -OCH3 is 1. The fourth-order valence-electron chi connectivity index (χ4n) is 2.26. The van der Waals surface area contributed by atoms with Gasteiger partial charge in [0.25, 0.3) is 5.17 Å². The standard InChI is InChI=1S/C18H21NO4S2/c1-4-22-14-6-5-13(16(10-14)19(20)18(25)21-3)11-23-17-8-7-15(24)9-12(17)2/h5-10,20,24H,4,11H2,1-3H3. The first-order valence-electron chi connectivity index (χ1n) is 7.71. The molecule has 0 spiro atoms. The fraction of sp³-hybridized carbons (Fsp3) is 0.278. The van der Waals surface area contributed by atoms with E-state index in [1.807, 2.05) is 44.2 Å². The van der Waals surface area contributed by atoms with E-state index >= 15 is 0 Å². The van der Waals surface area contributed by atoms with E-state index in [9.17, 15) is 5.21 Å². The van der Waals surface area contributed by atoms with Gasteiger partial charge in [-0.05, 0) is 62.0 Å². The predicted octanol–water partition coefficient (Wildman–Crippen LogP) is 4.39. The molecular weight excluding hydrogens is 358 g/mol. The van der Waals surface area contributed by atoms with Crippen LogP contribution in [0.3, 0.4) is 0 Å². The molecule has 0 aliphatic rings. The Balaban J connectivity index is 2.27. The van der Waals surface area contributed by atoms with E-state index < -0.39 is 0 Å². The summed E-state index contributed by atoms with van der Waals surface area (Å²) >= 11 is 9.31. The molecule has 0 unspecified atom stereocenters. The van der Waals surface area contributed by atoms with Gasteiger partial charge in [-0.3, -0.25) is 5.21 Å². The summed E-state index contributed by atoms with van der Waals surface area (Å²) < 4.78 is 16.3. The molecule has 5 nitrogen and oxygen atoms in total. The zero-order valence-electron chi connectivity index (χ0n) is 14.4. The van der Waals surface area contributed by atoms with Crippen LogP contribution in [0.15, 0.2) is 41.3 Å². The van der Waals surface area contributed by atoms with E-state index in [0.29, 0.717) is 18.0 Å². The number of thiol groups is 1. The third kappa shape index (κ3) is 5.01. The molecule has 25 heavy (non-hydrogen) atoms. The van der Waals surface area contributed by atoms with E-state index in [2.05, 4.69) is 12.6 Å². The first-order valence-corrected chi connectivity index (χ1v) is 8.57. The van der Waals surface area contributed by atoms with Crippen LogP contribution in [-0.4, -0.2) is 24.1 Å². The zero-order chi connectivity index (χ0) is 18.4. The summed E-state index contributed by atoms with van der Waals surface area (Å²) in [4.78, 5) is 0.874. The number of rotatable bonds is 6. The van der Waals surface area contributed by atoms with E-state index in [-0.39, 0.29) is 11.8 Å². The average molecular weight is 380 g/mol. The number of hydrogen-bond acceptors (Lipinski definition) is 6. The monoisotopic (exact) mass is 379 g/mol. The minimum absolute atomic E-state index is 0.0643. The normalized spacial score (nSPS) is 10.3. The van der Waals surface area contributed by atoms with Gasteiger partial charge < -0.3 is 14.2 Å². The van der Waals surface area contributed by atoms with Crippen LogP contribution < -0.4 is 14.5 Å². The maximum atomic E-state index is 10.3. The molecular formula is C18H21NO4S2. The fourth-order valence-corrected chi connectivity index (χ4v) is 2.62. The predicted molar refractivity (Wildman–Crippen MR) is 104 cm³/mol. The molecule has 134 valence electrons.